The lowest BCUT2D eigenvalue weighted by Gasteiger charge is -2.02. The van der Waals surface area contributed by atoms with E-state index in [1.165, 1.54) is 16.9 Å². The number of hydrogen-bond acceptors (Lipinski definition) is 5. The Morgan fingerprint density at radius 3 is 2.96 bits per heavy atom. The van der Waals surface area contributed by atoms with Gasteiger partial charge in [0.05, 0.1) is 29.7 Å². The molecular formula is C21H16N4O2S. The van der Waals surface area contributed by atoms with Gasteiger partial charge in [-0.05, 0) is 35.9 Å². The predicted octanol–water partition coefficient (Wildman–Crippen LogP) is 4.18. The lowest BCUT2D eigenvalue weighted by molar-refractivity contribution is 0.102. The molecule has 0 unspecified atom stereocenters. The molecule has 5 rings (SSSR count). The Hall–Kier alpha value is -3.45. The number of amides is 1. The third kappa shape index (κ3) is 3.16. The molecule has 7 heteroatoms. The molecule has 0 aliphatic carbocycles. The van der Waals surface area contributed by atoms with Gasteiger partial charge in [-0.1, -0.05) is 18.2 Å². The number of hydrogen-bond donors (Lipinski definition) is 1. The van der Waals surface area contributed by atoms with Crippen LogP contribution in [-0.2, 0) is 6.42 Å². The second kappa shape index (κ2) is 6.94. The second-order valence-electron chi connectivity index (χ2n) is 6.42. The molecule has 3 heterocycles. The SMILES string of the molecule is O=C(Nc1nc(-c2ccc3c(c2)CCO3)cs1)c1cnn(-c2ccccc2)c1. The molecule has 1 aliphatic heterocycles. The summed E-state index contributed by atoms with van der Waals surface area (Å²) < 4.78 is 7.22. The van der Waals surface area contributed by atoms with Crippen LogP contribution in [-0.4, -0.2) is 27.3 Å². The number of carbonyl (C=O) groups excluding carboxylic acids is 1. The van der Waals surface area contributed by atoms with Crippen molar-refractivity contribution in [2.75, 3.05) is 11.9 Å². The number of thiazole rings is 1. The molecule has 0 bridgehead atoms. The maximum absolute atomic E-state index is 12.5. The lowest BCUT2D eigenvalue weighted by Crippen LogP contribution is -2.10. The van der Waals surface area contributed by atoms with Gasteiger partial charge in [0, 0.05) is 23.6 Å². The highest BCUT2D eigenvalue weighted by molar-refractivity contribution is 7.14. The van der Waals surface area contributed by atoms with Gasteiger partial charge in [-0.3, -0.25) is 10.1 Å². The smallest absolute Gasteiger partial charge is 0.260 e. The molecule has 0 saturated carbocycles. The van der Waals surface area contributed by atoms with Crippen LogP contribution in [0.4, 0.5) is 5.13 Å². The molecule has 4 aromatic rings. The minimum Gasteiger partial charge on any atom is -0.493 e. The van der Waals surface area contributed by atoms with Crippen LogP contribution in [0.5, 0.6) is 5.75 Å². The molecule has 0 fully saturated rings. The largest absolute Gasteiger partial charge is 0.493 e. The first kappa shape index (κ1) is 16.7. The summed E-state index contributed by atoms with van der Waals surface area (Å²) in [6.45, 7) is 0.730. The van der Waals surface area contributed by atoms with Gasteiger partial charge in [-0.2, -0.15) is 5.10 Å². The number of benzene rings is 2. The van der Waals surface area contributed by atoms with E-state index in [1.54, 1.807) is 17.1 Å². The standard InChI is InChI=1S/C21H16N4O2S/c26-20(16-11-22-25(12-16)17-4-2-1-3-5-17)24-21-23-18(13-28-21)14-6-7-19-15(10-14)8-9-27-19/h1-7,10-13H,8-9H2,(H,23,24,26). The van der Waals surface area contributed by atoms with E-state index in [0.717, 1.165) is 35.7 Å². The molecule has 0 saturated heterocycles. The summed E-state index contributed by atoms with van der Waals surface area (Å²) in [7, 11) is 0. The van der Waals surface area contributed by atoms with E-state index in [-0.39, 0.29) is 5.91 Å². The third-order valence-electron chi connectivity index (χ3n) is 4.58. The third-order valence-corrected chi connectivity index (χ3v) is 5.33. The maximum atomic E-state index is 12.5. The van der Waals surface area contributed by atoms with Crippen molar-refractivity contribution in [2.24, 2.45) is 0 Å². The number of anilines is 1. The second-order valence-corrected chi connectivity index (χ2v) is 7.28. The molecule has 2 aromatic heterocycles. The maximum Gasteiger partial charge on any atom is 0.260 e. The zero-order chi connectivity index (χ0) is 18.9. The van der Waals surface area contributed by atoms with Crippen LogP contribution in [0, 0.1) is 0 Å². The van der Waals surface area contributed by atoms with Crippen LogP contribution in [0.25, 0.3) is 16.9 Å². The molecule has 1 aliphatic rings. The number of para-hydroxylation sites is 1. The topological polar surface area (TPSA) is 69.0 Å². The highest BCUT2D eigenvalue weighted by Crippen LogP contribution is 2.32. The zero-order valence-electron chi connectivity index (χ0n) is 14.8. The average Bonchev–Trinajstić information content (AvgIpc) is 3.48. The van der Waals surface area contributed by atoms with Crippen molar-refractivity contribution in [2.45, 2.75) is 6.42 Å². The zero-order valence-corrected chi connectivity index (χ0v) is 15.6. The fourth-order valence-electron chi connectivity index (χ4n) is 3.14. The van der Waals surface area contributed by atoms with Crippen LogP contribution < -0.4 is 10.1 Å². The summed E-state index contributed by atoms with van der Waals surface area (Å²) in [6, 6.07) is 15.7. The summed E-state index contributed by atoms with van der Waals surface area (Å²) in [5.41, 5.74) is 4.45. The number of carbonyl (C=O) groups is 1. The van der Waals surface area contributed by atoms with E-state index in [1.807, 2.05) is 47.8 Å². The molecule has 6 nitrogen and oxygen atoms in total. The van der Waals surface area contributed by atoms with Crippen molar-refractivity contribution >= 4 is 22.4 Å². The van der Waals surface area contributed by atoms with Crippen molar-refractivity contribution in [1.82, 2.24) is 14.8 Å². The van der Waals surface area contributed by atoms with Crippen molar-refractivity contribution in [1.29, 1.82) is 0 Å². The van der Waals surface area contributed by atoms with Crippen molar-refractivity contribution < 1.29 is 9.53 Å². The Morgan fingerprint density at radius 1 is 1.18 bits per heavy atom. The van der Waals surface area contributed by atoms with Crippen LogP contribution >= 0.6 is 11.3 Å². The number of fused-ring (bicyclic) bond motifs is 1. The van der Waals surface area contributed by atoms with Gasteiger partial charge in [-0.15, -0.1) is 11.3 Å². The summed E-state index contributed by atoms with van der Waals surface area (Å²) in [5.74, 6) is 0.716. The Bertz CT molecular complexity index is 1150. The van der Waals surface area contributed by atoms with Crippen LogP contribution in [0.15, 0.2) is 66.3 Å². The van der Waals surface area contributed by atoms with E-state index in [4.69, 9.17) is 4.74 Å². The molecule has 0 spiro atoms. The number of nitrogens with zero attached hydrogens (tertiary/aromatic N) is 3. The number of ether oxygens (including phenoxy) is 1. The average molecular weight is 388 g/mol. The highest BCUT2D eigenvalue weighted by atomic mass is 32.1. The Balaban J connectivity index is 1.32. The normalized spacial score (nSPS) is 12.4. The number of nitrogens with one attached hydrogen (secondary N) is 1. The molecular weight excluding hydrogens is 372 g/mol. The van der Waals surface area contributed by atoms with E-state index in [9.17, 15) is 4.79 Å². The monoisotopic (exact) mass is 388 g/mol. The fraction of sp³-hybridized carbons (Fsp3) is 0.0952. The Morgan fingerprint density at radius 2 is 2.07 bits per heavy atom. The first-order valence-electron chi connectivity index (χ1n) is 8.89. The minimum atomic E-state index is -0.231. The van der Waals surface area contributed by atoms with Crippen molar-refractivity contribution in [3.05, 3.63) is 77.4 Å². The Labute approximate surface area is 165 Å². The van der Waals surface area contributed by atoms with E-state index in [2.05, 4.69) is 21.5 Å². The predicted molar refractivity (Wildman–Crippen MR) is 108 cm³/mol. The highest BCUT2D eigenvalue weighted by Gasteiger charge is 2.15. The van der Waals surface area contributed by atoms with Gasteiger partial charge in [0.2, 0.25) is 0 Å². The molecule has 0 radical (unpaired) electrons. The van der Waals surface area contributed by atoms with E-state index < -0.39 is 0 Å². The van der Waals surface area contributed by atoms with Gasteiger partial charge in [0.25, 0.3) is 5.91 Å². The van der Waals surface area contributed by atoms with Gasteiger partial charge >= 0.3 is 0 Å². The first-order valence-corrected chi connectivity index (χ1v) is 9.77. The van der Waals surface area contributed by atoms with Crippen molar-refractivity contribution in [3.8, 4) is 22.7 Å². The minimum absolute atomic E-state index is 0.231. The Kier molecular flexibility index (Phi) is 4.14. The quantitative estimate of drug-likeness (QED) is 0.569. The summed E-state index contributed by atoms with van der Waals surface area (Å²) >= 11 is 1.40. The molecule has 28 heavy (non-hydrogen) atoms. The first-order chi connectivity index (χ1) is 13.8. The molecule has 1 N–H and O–H groups in total. The van der Waals surface area contributed by atoms with Gasteiger partial charge in [-0.25, -0.2) is 9.67 Å². The molecule has 138 valence electrons. The van der Waals surface area contributed by atoms with E-state index >= 15 is 0 Å². The molecule has 0 atom stereocenters. The summed E-state index contributed by atoms with van der Waals surface area (Å²) in [5, 5.41) is 9.62. The molecule has 1 amide bonds. The lowest BCUT2D eigenvalue weighted by atomic mass is 10.1. The summed E-state index contributed by atoms with van der Waals surface area (Å²) in [4.78, 5) is 17.1. The van der Waals surface area contributed by atoms with Gasteiger partial charge < -0.3 is 4.74 Å². The van der Waals surface area contributed by atoms with Crippen LogP contribution in [0.3, 0.4) is 0 Å². The molecule has 2 aromatic carbocycles. The van der Waals surface area contributed by atoms with Crippen LogP contribution in [0.1, 0.15) is 15.9 Å². The fourth-order valence-corrected chi connectivity index (χ4v) is 3.86. The van der Waals surface area contributed by atoms with Crippen molar-refractivity contribution in [3.63, 3.8) is 0 Å². The number of rotatable bonds is 4. The number of aromatic nitrogens is 3. The van der Waals surface area contributed by atoms with Crippen LogP contribution in [0.2, 0.25) is 0 Å². The summed E-state index contributed by atoms with van der Waals surface area (Å²) in [6.07, 6.45) is 4.18. The van der Waals surface area contributed by atoms with Gasteiger partial charge in [0.1, 0.15) is 5.75 Å². The van der Waals surface area contributed by atoms with Gasteiger partial charge in [0.15, 0.2) is 5.13 Å². The van der Waals surface area contributed by atoms with E-state index in [0.29, 0.717) is 10.7 Å².